The predicted octanol–water partition coefficient (Wildman–Crippen LogP) is 1.99. The number of morpholine rings is 1. The van der Waals surface area contributed by atoms with Gasteiger partial charge in [-0.1, -0.05) is 0 Å². The van der Waals surface area contributed by atoms with Crippen LogP contribution in [0.1, 0.15) is 18.6 Å². The Hall–Kier alpha value is -1.35. The number of carbonyl (C=O) groups is 2. The van der Waals surface area contributed by atoms with Crippen molar-refractivity contribution in [2.24, 2.45) is 5.92 Å². The van der Waals surface area contributed by atoms with Crippen molar-refractivity contribution in [1.29, 1.82) is 0 Å². The van der Waals surface area contributed by atoms with Crippen LogP contribution in [0.25, 0.3) is 6.08 Å². The number of nitrogens with zero attached hydrogens (tertiary/aromatic N) is 2. The third kappa shape index (κ3) is 4.38. The first-order valence-electron chi connectivity index (χ1n) is 8.22. The van der Waals surface area contributed by atoms with Gasteiger partial charge in [-0.05, 0) is 53.6 Å². The average molecular weight is 444 g/mol. The molecule has 0 radical (unpaired) electrons. The predicted molar refractivity (Wildman–Crippen MR) is 97.2 cm³/mol. The molecule has 2 amide bonds. The van der Waals surface area contributed by atoms with Crippen molar-refractivity contribution < 1.29 is 18.7 Å². The Morgan fingerprint density at radius 1 is 1.17 bits per heavy atom. The second-order valence-electron chi connectivity index (χ2n) is 6.04. The zero-order valence-electron chi connectivity index (χ0n) is 13.4. The molecule has 1 aromatic rings. The van der Waals surface area contributed by atoms with Gasteiger partial charge in [0.2, 0.25) is 11.8 Å². The molecule has 1 atom stereocenters. The van der Waals surface area contributed by atoms with E-state index in [9.17, 15) is 9.59 Å². The maximum atomic E-state index is 12.6. The van der Waals surface area contributed by atoms with Crippen molar-refractivity contribution >= 4 is 40.5 Å². The van der Waals surface area contributed by atoms with Gasteiger partial charge in [-0.2, -0.15) is 0 Å². The molecule has 0 aliphatic carbocycles. The average Bonchev–Trinajstić information content (AvgIpc) is 3.05. The molecule has 2 aliphatic heterocycles. The van der Waals surface area contributed by atoms with Gasteiger partial charge in [0.25, 0.3) is 0 Å². The summed E-state index contributed by atoms with van der Waals surface area (Å²) in [6, 6.07) is 3.68. The number of rotatable bonds is 3. The van der Waals surface area contributed by atoms with Gasteiger partial charge < -0.3 is 19.0 Å². The van der Waals surface area contributed by atoms with E-state index in [1.807, 2.05) is 17.0 Å². The number of furan rings is 1. The van der Waals surface area contributed by atoms with E-state index in [1.54, 1.807) is 11.0 Å². The lowest BCUT2D eigenvalue weighted by Crippen LogP contribution is -2.49. The quantitative estimate of drug-likeness (QED) is 0.529. The van der Waals surface area contributed by atoms with Crippen LogP contribution in [0.2, 0.25) is 0 Å². The maximum Gasteiger partial charge on any atom is 0.246 e. The molecule has 3 heterocycles. The van der Waals surface area contributed by atoms with Gasteiger partial charge in [-0.3, -0.25) is 9.59 Å². The summed E-state index contributed by atoms with van der Waals surface area (Å²) in [5.41, 5.74) is 0. The second kappa shape index (κ2) is 8.15. The van der Waals surface area contributed by atoms with Crippen LogP contribution in [0, 0.1) is 9.68 Å². The maximum absolute atomic E-state index is 12.6. The molecule has 1 aromatic heterocycles. The summed E-state index contributed by atoms with van der Waals surface area (Å²) in [7, 11) is 0. The van der Waals surface area contributed by atoms with Gasteiger partial charge in [0, 0.05) is 32.3 Å². The molecule has 7 heteroatoms. The SMILES string of the molecule is O=C(/C=C/c1ccc(I)o1)N1CCCC(C(=O)N2CCOCC2)C1. The van der Waals surface area contributed by atoms with E-state index in [-0.39, 0.29) is 17.7 Å². The topological polar surface area (TPSA) is 63.0 Å². The molecule has 24 heavy (non-hydrogen) atoms. The van der Waals surface area contributed by atoms with Crippen LogP contribution in [-0.4, -0.2) is 61.0 Å². The summed E-state index contributed by atoms with van der Waals surface area (Å²) >= 11 is 2.08. The van der Waals surface area contributed by atoms with E-state index in [4.69, 9.17) is 9.15 Å². The Morgan fingerprint density at radius 3 is 2.67 bits per heavy atom. The highest BCUT2D eigenvalue weighted by atomic mass is 127. The molecule has 0 aromatic carbocycles. The minimum absolute atomic E-state index is 0.0686. The van der Waals surface area contributed by atoms with Crippen LogP contribution < -0.4 is 0 Å². The van der Waals surface area contributed by atoms with E-state index in [0.717, 1.165) is 16.6 Å². The molecular formula is C17H21IN2O4. The Labute approximate surface area is 154 Å². The van der Waals surface area contributed by atoms with E-state index in [0.29, 0.717) is 45.2 Å². The van der Waals surface area contributed by atoms with Gasteiger partial charge in [0.05, 0.1) is 19.1 Å². The molecule has 2 fully saturated rings. The van der Waals surface area contributed by atoms with Crippen molar-refractivity contribution in [3.8, 4) is 0 Å². The molecular weight excluding hydrogens is 423 g/mol. The monoisotopic (exact) mass is 444 g/mol. The molecule has 0 spiro atoms. The van der Waals surface area contributed by atoms with Gasteiger partial charge in [0.1, 0.15) is 5.76 Å². The molecule has 0 bridgehead atoms. The first-order chi connectivity index (χ1) is 11.6. The molecule has 1 unspecified atom stereocenters. The molecule has 2 aliphatic rings. The number of carbonyl (C=O) groups excluding carboxylic acids is 2. The molecule has 3 rings (SSSR count). The van der Waals surface area contributed by atoms with Gasteiger partial charge in [-0.15, -0.1) is 0 Å². The zero-order valence-corrected chi connectivity index (χ0v) is 15.6. The van der Waals surface area contributed by atoms with Crippen LogP contribution in [-0.2, 0) is 14.3 Å². The second-order valence-corrected chi connectivity index (χ2v) is 7.10. The van der Waals surface area contributed by atoms with Crippen molar-refractivity contribution in [3.63, 3.8) is 0 Å². The van der Waals surface area contributed by atoms with Crippen LogP contribution in [0.5, 0.6) is 0 Å². The molecule has 130 valence electrons. The van der Waals surface area contributed by atoms with Gasteiger partial charge >= 0.3 is 0 Å². The highest BCUT2D eigenvalue weighted by Crippen LogP contribution is 2.20. The van der Waals surface area contributed by atoms with E-state index < -0.39 is 0 Å². The smallest absolute Gasteiger partial charge is 0.246 e. The van der Waals surface area contributed by atoms with Crippen LogP contribution in [0.3, 0.4) is 0 Å². The molecule has 0 saturated carbocycles. The number of hydrogen-bond acceptors (Lipinski definition) is 4. The fraction of sp³-hybridized carbons (Fsp3) is 0.529. The van der Waals surface area contributed by atoms with Gasteiger partial charge in [0.15, 0.2) is 3.77 Å². The zero-order chi connectivity index (χ0) is 16.9. The lowest BCUT2D eigenvalue weighted by Gasteiger charge is -2.35. The van der Waals surface area contributed by atoms with Crippen LogP contribution in [0.15, 0.2) is 22.6 Å². The fourth-order valence-electron chi connectivity index (χ4n) is 3.10. The summed E-state index contributed by atoms with van der Waals surface area (Å²) in [4.78, 5) is 28.6. The summed E-state index contributed by atoms with van der Waals surface area (Å²) in [5, 5.41) is 0. The lowest BCUT2D eigenvalue weighted by atomic mass is 9.96. The van der Waals surface area contributed by atoms with E-state index in [2.05, 4.69) is 22.6 Å². The fourth-order valence-corrected chi connectivity index (χ4v) is 3.53. The minimum Gasteiger partial charge on any atom is -0.451 e. The summed E-state index contributed by atoms with van der Waals surface area (Å²) in [6.45, 7) is 3.71. The van der Waals surface area contributed by atoms with Gasteiger partial charge in [-0.25, -0.2) is 0 Å². The molecule has 2 saturated heterocycles. The number of halogens is 1. The number of piperidine rings is 1. The largest absolute Gasteiger partial charge is 0.451 e. The first kappa shape index (κ1) is 17.5. The van der Waals surface area contributed by atoms with E-state index >= 15 is 0 Å². The Kier molecular flexibility index (Phi) is 5.94. The number of hydrogen-bond donors (Lipinski definition) is 0. The highest BCUT2D eigenvalue weighted by Gasteiger charge is 2.31. The summed E-state index contributed by atoms with van der Waals surface area (Å²) < 4.78 is 11.5. The van der Waals surface area contributed by atoms with Crippen molar-refractivity contribution in [1.82, 2.24) is 9.80 Å². The standard InChI is InChI=1S/C17H21IN2O4/c18-15-5-3-14(24-15)4-6-16(21)20-7-1-2-13(12-20)17(22)19-8-10-23-11-9-19/h3-6,13H,1-2,7-12H2/b6-4+. The van der Waals surface area contributed by atoms with E-state index in [1.165, 1.54) is 6.08 Å². The molecule has 6 nitrogen and oxygen atoms in total. The molecule has 0 N–H and O–H groups in total. The van der Waals surface area contributed by atoms with Crippen molar-refractivity contribution in [2.75, 3.05) is 39.4 Å². The van der Waals surface area contributed by atoms with Crippen molar-refractivity contribution in [3.05, 3.63) is 27.7 Å². The number of amides is 2. The summed E-state index contributed by atoms with van der Waals surface area (Å²) in [6.07, 6.45) is 4.91. The Bertz CT molecular complexity index is 622. The highest BCUT2D eigenvalue weighted by molar-refractivity contribution is 14.1. The normalized spacial score (nSPS) is 22.1. The number of ether oxygens (including phenoxy) is 1. The third-order valence-electron chi connectivity index (χ3n) is 4.39. The summed E-state index contributed by atoms with van der Waals surface area (Å²) in [5.74, 6) is 0.644. The minimum atomic E-state index is -0.0984. The Morgan fingerprint density at radius 2 is 1.96 bits per heavy atom. The van der Waals surface area contributed by atoms with Crippen LogP contribution in [0.4, 0.5) is 0 Å². The number of likely N-dealkylation sites (tertiary alicyclic amines) is 1. The Balaban J connectivity index is 1.57. The van der Waals surface area contributed by atoms with Crippen LogP contribution >= 0.6 is 22.6 Å². The lowest BCUT2D eigenvalue weighted by molar-refractivity contribution is -0.143. The van der Waals surface area contributed by atoms with Crippen molar-refractivity contribution in [2.45, 2.75) is 12.8 Å². The first-order valence-corrected chi connectivity index (χ1v) is 9.30. The third-order valence-corrected chi connectivity index (χ3v) is 4.97.